The molecule has 4 nitrogen and oxygen atoms in total. The normalized spacial score (nSPS) is 20.4. The molecule has 0 radical (unpaired) electrons. The molecule has 1 unspecified atom stereocenters. The number of anilines is 1. The highest BCUT2D eigenvalue weighted by Gasteiger charge is 2.15. The average molecular weight is 217 g/mol. The number of para-hydroxylation sites is 1. The zero-order chi connectivity index (χ0) is 10.8. The Morgan fingerprint density at radius 1 is 1.50 bits per heavy atom. The van der Waals surface area contributed by atoms with Crippen LogP contribution in [0, 0.1) is 0 Å². The van der Waals surface area contributed by atoms with Gasteiger partial charge in [0.25, 0.3) is 0 Å². The van der Waals surface area contributed by atoms with Gasteiger partial charge in [0, 0.05) is 18.5 Å². The van der Waals surface area contributed by atoms with Crippen molar-refractivity contribution in [3.05, 3.63) is 24.4 Å². The van der Waals surface area contributed by atoms with Crippen LogP contribution in [0.3, 0.4) is 0 Å². The highest BCUT2D eigenvalue weighted by Crippen LogP contribution is 2.21. The standard InChI is InChI=1S/C12H15N3O/c1-3-9-7-14-15-12(9)11(5-1)13-8-10-4-2-6-16-10/h1,3,5,7,10,13H,2,4,6,8H2,(H,14,15). The Morgan fingerprint density at radius 3 is 3.38 bits per heavy atom. The molecule has 1 aliphatic heterocycles. The number of nitrogens with zero attached hydrogens (tertiary/aromatic N) is 1. The number of rotatable bonds is 3. The van der Waals surface area contributed by atoms with E-state index in [0.717, 1.165) is 36.2 Å². The molecule has 16 heavy (non-hydrogen) atoms. The molecule has 0 spiro atoms. The Labute approximate surface area is 94.0 Å². The van der Waals surface area contributed by atoms with E-state index in [0.29, 0.717) is 6.10 Å². The summed E-state index contributed by atoms with van der Waals surface area (Å²) in [7, 11) is 0. The van der Waals surface area contributed by atoms with E-state index in [-0.39, 0.29) is 0 Å². The van der Waals surface area contributed by atoms with Crippen LogP contribution in [0.4, 0.5) is 5.69 Å². The molecule has 4 heteroatoms. The van der Waals surface area contributed by atoms with E-state index in [2.05, 4.69) is 27.6 Å². The van der Waals surface area contributed by atoms with Crippen molar-refractivity contribution < 1.29 is 4.74 Å². The van der Waals surface area contributed by atoms with E-state index in [4.69, 9.17) is 4.74 Å². The van der Waals surface area contributed by atoms with Crippen molar-refractivity contribution in [1.82, 2.24) is 10.2 Å². The van der Waals surface area contributed by atoms with Crippen molar-refractivity contribution in [2.24, 2.45) is 0 Å². The summed E-state index contributed by atoms with van der Waals surface area (Å²) in [6.45, 7) is 1.78. The highest BCUT2D eigenvalue weighted by atomic mass is 16.5. The molecule has 0 aliphatic carbocycles. The molecule has 1 aromatic carbocycles. The smallest absolute Gasteiger partial charge is 0.0881 e. The van der Waals surface area contributed by atoms with Gasteiger partial charge >= 0.3 is 0 Å². The lowest BCUT2D eigenvalue weighted by Gasteiger charge is -2.12. The predicted molar refractivity (Wildman–Crippen MR) is 63.6 cm³/mol. The Kier molecular flexibility index (Phi) is 2.50. The summed E-state index contributed by atoms with van der Waals surface area (Å²) in [6.07, 6.45) is 4.54. The summed E-state index contributed by atoms with van der Waals surface area (Å²) < 4.78 is 5.58. The lowest BCUT2D eigenvalue weighted by atomic mass is 10.2. The van der Waals surface area contributed by atoms with Gasteiger partial charge in [0.1, 0.15) is 0 Å². The largest absolute Gasteiger partial charge is 0.381 e. The fraction of sp³-hybridized carbons (Fsp3) is 0.417. The van der Waals surface area contributed by atoms with Crippen LogP contribution in [0.15, 0.2) is 24.4 Å². The van der Waals surface area contributed by atoms with E-state index >= 15 is 0 Å². The number of aromatic amines is 1. The van der Waals surface area contributed by atoms with Crippen LogP contribution in [0.1, 0.15) is 12.8 Å². The van der Waals surface area contributed by atoms with Crippen molar-refractivity contribution in [1.29, 1.82) is 0 Å². The van der Waals surface area contributed by atoms with Crippen LogP contribution in [0.5, 0.6) is 0 Å². The molecule has 1 aromatic heterocycles. The molecular weight excluding hydrogens is 202 g/mol. The Hall–Kier alpha value is -1.55. The summed E-state index contributed by atoms with van der Waals surface area (Å²) in [5.74, 6) is 0. The van der Waals surface area contributed by atoms with E-state index in [1.165, 1.54) is 6.42 Å². The molecular formula is C12H15N3O. The fourth-order valence-corrected chi connectivity index (χ4v) is 2.15. The van der Waals surface area contributed by atoms with Crippen LogP contribution in [-0.4, -0.2) is 29.5 Å². The van der Waals surface area contributed by atoms with Crippen molar-refractivity contribution in [2.75, 3.05) is 18.5 Å². The summed E-state index contributed by atoms with van der Waals surface area (Å²) in [5.41, 5.74) is 2.17. The van der Waals surface area contributed by atoms with Gasteiger partial charge in [-0.2, -0.15) is 5.10 Å². The minimum absolute atomic E-state index is 0.359. The van der Waals surface area contributed by atoms with E-state index in [9.17, 15) is 0 Å². The maximum absolute atomic E-state index is 5.58. The van der Waals surface area contributed by atoms with Crippen LogP contribution >= 0.6 is 0 Å². The first-order valence-electron chi connectivity index (χ1n) is 5.71. The summed E-state index contributed by atoms with van der Waals surface area (Å²) in [5, 5.41) is 11.6. The first kappa shape index (κ1) is 9.66. The van der Waals surface area contributed by atoms with Gasteiger partial charge in [-0.3, -0.25) is 5.10 Å². The number of fused-ring (bicyclic) bond motifs is 1. The molecule has 1 fully saturated rings. The second-order valence-corrected chi connectivity index (χ2v) is 4.16. The number of aromatic nitrogens is 2. The van der Waals surface area contributed by atoms with Gasteiger partial charge in [0.15, 0.2) is 0 Å². The third-order valence-corrected chi connectivity index (χ3v) is 3.02. The van der Waals surface area contributed by atoms with Gasteiger partial charge in [-0.25, -0.2) is 0 Å². The average Bonchev–Trinajstić information content (AvgIpc) is 2.97. The molecule has 2 aromatic rings. The van der Waals surface area contributed by atoms with Crippen molar-refractivity contribution in [2.45, 2.75) is 18.9 Å². The maximum Gasteiger partial charge on any atom is 0.0881 e. The first-order chi connectivity index (χ1) is 7.93. The second-order valence-electron chi connectivity index (χ2n) is 4.16. The lowest BCUT2D eigenvalue weighted by Crippen LogP contribution is -2.18. The molecule has 1 atom stereocenters. The number of benzene rings is 1. The summed E-state index contributed by atoms with van der Waals surface area (Å²) >= 11 is 0. The monoisotopic (exact) mass is 217 g/mol. The SMILES string of the molecule is c1cc(NCC2CCCO2)c2[nH]ncc2c1. The van der Waals surface area contributed by atoms with E-state index in [1.54, 1.807) is 0 Å². The molecule has 84 valence electrons. The van der Waals surface area contributed by atoms with Crippen LogP contribution in [0.2, 0.25) is 0 Å². The summed E-state index contributed by atoms with van der Waals surface area (Å²) in [4.78, 5) is 0. The first-order valence-corrected chi connectivity index (χ1v) is 5.71. The Bertz CT molecular complexity index is 474. The van der Waals surface area contributed by atoms with Crippen LogP contribution in [-0.2, 0) is 4.74 Å². The lowest BCUT2D eigenvalue weighted by molar-refractivity contribution is 0.120. The number of ether oxygens (including phenoxy) is 1. The maximum atomic E-state index is 5.58. The van der Waals surface area contributed by atoms with Gasteiger partial charge < -0.3 is 10.1 Å². The van der Waals surface area contributed by atoms with Gasteiger partial charge in [0.2, 0.25) is 0 Å². The quantitative estimate of drug-likeness (QED) is 0.828. The molecule has 2 heterocycles. The molecule has 1 saturated heterocycles. The number of hydrogen-bond acceptors (Lipinski definition) is 3. The third-order valence-electron chi connectivity index (χ3n) is 3.02. The third kappa shape index (κ3) is 1.76. The highest BCUT2D eigenvalue weighted by molar-refractivity contribution is 5.89. The molecule has 1 aliphatic rings. The number of nitrogens with one attached hydrogen (secondary N) is 2. The Morgan fingerprint density at radius 2 is 2.50 bits per heavy atom. The van der Waals surface area contributed by atoms with E-state index < -0.39 is 0 Å². The zero-order valence-electron chi connectivity index (χ0n) is 9.07. The molecule has 0 bridgehead atoms. The van der Waals surface area contributed by atoms with Crippen molar-refractivity contribution in [3.63, 3.8) is 0 Å². The van der Waals surface area contributed by atoms with Crippen LogP contribution in [0.25, 0.3) is 10.9 Å². The van der Waals surface area contributed by atoms with Gasteiger partial charge in [-0.1, -0.05) is 12.1 Å². The van der Waals surface area contributed by atoms with Crippen LogP contribution < -0.4 is 5.32 Å². The van der Waals surface area contributed by atoms with Crippen molar-refractivity contribution >= 4 is 16.6 Å². The number of H-pyrrole nitrogens is 1. The van der Waals surface area contributed by atoms with E-state index in [1.807, 2.05) is 12.3 Å². The fourth-order valence-electron chi connectivity index (χ4n) is 2.15. The van der Waals surface area contributed by atoms with Gasteiger partial charge in [-0.15, -0.1) is 0 Å². The van der Waals surface area contributed by atoms with Gasteiger partial charge in [0.05, 0.1) is 23.5 Å². The topological polar surface area (TPSA) is 49.9 Å². The predicted octanol–water partition coefficient (Wildman–Crippen LogP) is 2.15. The molecule has 0 saturated carbocycles. The number of hydrogen-bond donors (Lipinski definition) is 2. The minimum Gasteiger partial charge on any atom is -0.381 e. The molecule has 2 N–H and O–H groups in total. The zero-order valence-corrected chi connectivity index (χ0v) is 9.07. The molecule has 0 amide bonds. The molecule has 3 rings (SSSR count). The van der Waals surface area contributed by atoms with Gasteiger partial charge in [-0.05, 0) is 18.9 Å². The van der Waals surface area contributed by atoms with Crippen molar-refractivity contribution in [3.8, 4) is 0 Å². The second kappa shape index (κ2) is 4.14. The summed E-state index contributed by atoms with van der Waals surface area (Å²) in [6, 6.07) is 6.15. The Balaban J connectivity index is 1.75. The minimum atomic E-state index is 0.359.